The number of aryl methyl sites for hydroxylation is 2. The van der Waals surface area contributed by atoms with Crippen molar-refractivity contribution >= 4 is 23.6 Å². The molecule has 0 bridgehead atoms. The molecule has 25 heavy (non-hydrogen) atoms. The Morgan fingerprint density at radius 3 is 2.84 bits per heavy atom. The summed E-state index contributed by atoms with van der Waals surface area (Å²) in [4.78, 5) is 22.8. The Bertz CT molecular complexity index is 836. The molecular weight excluding hydrogens is 342 g/mol. The molecule has 2 aromatic carbocycles. The van der Waals surface area contributed by atoms with Crippen LogP contribution < -0.4 is 4.74 Å². The molecule has 0 saturated carbocycles. The Labute approximate surface area is 150 Å². The Morgan fingerprint density at radius 2 is 2.12 bits per heavy atom. The van der Waals surface area contributed by atoms with Crippen LogP contribution in [0.4, 0.5) is 5.69 Å². The molecule has 6 heteroatoms. The van der Waals surface area contributed by atoms with Gasteiger partial charge in [0.25, 0.3) is 0 Å². The summed E-state index contributed by atoms with van der Waals surface area (Å²) < 4.78 is 5.77. The second-order valence-corrected chi connectivity index (χ2v) is 6.88. The first-order valence-electron chi connectivity index (χ1n) is 8.08. The number of ether oxygens (including phenoxy) is 1. The van der Waals surface area contributed by atoms with Crippen LogP contribution in [0.2, 0.25) is 5.02 Å². The van der Waals surface area contributed by atoms with Crippen LogP contribution in [-0.4, -0.2) is 17.8 Å². The van der Waals surface area contributed by atoms with Crippen LogP contribution in [0.5, 0.6) is 5.75 Å². The molecule has 3 rings (SSSR count). The predicted molar refractivity (Wildman–Crippen MR) is 95.5 cm³/mol. The van der Waals surface area contributed by atoms with E-state index < -0.39 is 10.3 Å². The summed E-state index contributed by atoms with van der Waals surface area (Å²) in [5, 5.41) is 11.9. The molecule has 5 nitrogen and oxygen atoms in total. The average molecular weight is 360 g/mol. The molecule has 0 fully saturated rings. The largest absolute Gasteiger partial charge is 0.485 e. The third-order valence-electron chi connectivity index (χ3n) is 4.69. The average Bonchev–Trinajstić information content (AvgIpc) is 2.60. The van der Waals surface area contributed by atoms with Crippen molar-refractivity contribution < 1.29 is 14.5 Å². The standard InChI is InChI=1S/C19H18ClNO4/c1-13-4-7-18(17(9-13)21(23)24)25-12-19(11-22)8-2-3-14-10-15(20)5-6-16(14)19/h4-7,9-11H,2-3,8,12H2,1H3. The third kappa shape index (κ3) is 3.37. The SMILES string of the molecule is Cc1ccc(OCC2(C=O)CCCc3cc(Cl)ccc32)c([N+](=O)[O-])c1. The van der Waals surface area contributed by atoms with Crippen LogP contribution >= 0.6 is 11.6 Å². The van der Waals surface area contributed by atoms with Gasteiger partial charge in [-0.25, -0.2) is 0 Å². The first-order chi connectivity index (χ1) is 11.9. The van der Waals surface area contributed by atoms with E-state index in [2.05, 4.69) is 0 Å². The van der Waals surface area contributed by atoms with E-state index in [9.17, 15) is 14.9 Å². The maximum Gasteiger partial charge on any atom is 0.311 e. The topological polar surface area (TPSA) is 69.4 Å². The van der Waals surface area contributed by atoms with Crippen molar-refractivity contribution in [2.45, 2.75) is 31.6 Å². The van der Waals surface area contributed by atoms with E-state index >= 15 is 0 Å². The summed E-state index contributed by atoms with van der Waals surface area (Å²) in [7, 11) is 0. The maximum atomic E-state index is 12.0. The molecular formula is C19H18ClNO4. The van der Waals surface area contributed by atoms with Crippen LogP contribution in [0.15, 0.2) is 36.4 Å². The number of hydrogen-bond acceptors (Lipinski definition) is 4. The highest BCUT2D eigenvalue weighted by Gasteiger charge is 2.38. The first kappa shape index (κ1) is 17.4. The van der Waals surface area contributed by atoms with Crippen LogP contribution in [0.1, 0.15) is 29.5 Å². The molecule has 0 aliphatic heterocycles. The van der Waals surface area contributed by atoms with Crippen LogP contribution in [0.3, 0.4) is 0 Å². The normalized spacial score (nSPS) is 19.1. The van der Waals surface area contributed by atoms with Gasteiger partial charge in [-0.2, -0.15) is 0 Å². The lowest BCUT2D eigenvalue weighted by atomic mass is 9.71. The summed E-state index contributed by atoms with van der Waals surface area (Å²) in [5.74, 6) is 0.179. The van der Waals surface area contributed by atoms with Gasteiger partial charge in [-0.15, -0.1) is 0 Å². The zero-order valence-electron chi connectivity index (χ0n) is 13.8. The Kier molecular flexibility index (Phi) is 4.77. The number of rotatable bonds is 5. The number of fused-ring (bicyclic) bond motifs is 1. The molecule has 0 spiro atoms. The van der Waals surface area contributed by atoms with Gasteiger partial charge in [0.2, 0.25) is 0 Å². The summed E-state index contributed by atoms with van der Waals surface area (Å²) in [6.45, 7) is 1.85. The molecule has 1 atom stereocenters. The van der Waals surface area contributed by atoms with Crippen LogP contribution in [0, 0.1) is 17.0 Å². The monoisotopic (exact) mass is 359 g/mol. The van der Waals surface area contributed by atoms with E-state index in [-0.39, 0.29) is 18.0 Å². The maximum absolute atomic E-state index is 12.0. The van der Waals surface area contributed by atoms with Crippen molar-refractivity contribution in [2.75, 3.05) is 6.61 Å². The number of hydrogen-bond donors (Lipinski definition) is 0. The van der Waals surface area contributed by atoms with Gasteiger partial charge in [-0.05, 0) is 61.1 Å². The molecule has 0 saturated heterocycles. The van der Waals surface area contributed by atoms with Gasteiger partial charge in [0.1, 0.15) is 12.9 Å². The van der Waals surface area contributed by atoms with Gasteiger partial charge in [-0.1, -0.05) is 23.7 Å². The Balaban J connectivity index is 1.93. The number of benzene rings is 2. The van der Waals surface area contributed by atoms with Crippen molar-refractivity contribution in [1.29, 1.82) is 0 Å². The zero-order chi connectivity index (χ0) is 18.0. The Morgan fingerprint density at radius 1 is 1.32 bits per heavy atom. The minimum Gasteiger partial charge on any atom is -0.485 e. The number of carbonyl (C=O) groups excluding carboxylic acids is 1. The molecule has 0 N–H and O–H groups in total. The van der Waals surface area contributed by atoms with Crippen molar-refractivity contribution in [3.63, 3.8) is 0 Å². The Hall–Kier alpha value is -2.40. The lowest BCUT2D eigenvalue weighted by molar-refractivity contribution is -0.386. The lowest BCUT2D eigenvalue weighted by Gasteiger charge is -2.34. The van der Waals surface area contributed by atoms with Crippen molar-refractivity contribution in [2.24, 2.45) is 0 Å². The zero-order valence-corrected chi connectivity index (χ0v) is 14.6. The number of aldehydes is 1. The molecule has 130 valence electrons. The molecule has 0 heterocycles. The quantitative estimate of drug-likeness (QED) is 0.450. The van der Waals surface area contributed by atoms with Gasteiger partial charge in [0.05, 0.1) is 10.3 Å². The number of nitrogens with zero attached hydrogens (tertiary/aromatic N) is 1. The second kappa shape index (κ2) is 6.84. The van der Waals surface area contributed by atoms with E-state index in [1.165, 1.54) is 6.07 Å². The molecule has 1 unspecified atom stereocenters. The van der Waals surface area contributed by atoms with Crippen molar-refractivity contribution in [3.05, 3.63) is 68.2 Å². The number of carbonyl (C=O) groups is 1. The van der Waals surface area contributed by atoms with E-state index in [4.69, 9.17) is 16.3 Å². The number of halogens is 1. The highest BCUT2D eigenvalue weighted by Crippen LogP contribution is 2.38. The predicted octanol–water partition coefficient (Wildman–Crippen LogP) is 4.41. The van der Waals surface area contributed by atoms with Gasteiger partial charge < -0.3 is 9.53 Å². The van der Waals surface area contributed by atoms with Crippen molar-refractivity contribution in [3.8, 4) is 5.75 Å². The minimum atomic E-state index is -0.809. The van der Waals surface area contributed by atoms with E-state index in [0.29, 0.717) is 11.4 Å². The molecule has 0 radical (unpaired) electrons. The van der Waals surface area contributed by atoms with Crippen LogP contribution in [0.25, 0.3) is 0 Å². The van der Waals surface area contributed by atoms with Gasteiger partial charge in [0.15, 0.2) is 5.75 Å². The second-order valence-electron chi connectivity index (χ2n) is 6.45. The molecule has 1 aliphatic carbocycles. The van der Waals surface area contributed by atoms with Gasteiger partial charge in [0, 0.05) is 11.1 Å². The molecule has 2 aromatic rings. The summed E-state index contributed by atoms with van der Waals surface area (Å²) >= 11 is 6.06. The van der Waals surface area contributed by atoms with Gasteiger partial charge in [-0.3, -0.25) is 10.1 Å². The summed E-state index contributed by atoms with van der Waals surface area (Å²) in [5.41, 5.74) is 1.81. The summed E-state index contributed by atoms with van der Waals surface area (Å²) in [6.07, 6.45) is 3.24. The smallest absolute Gasteiger partial charge is 0.311 e. The van der Waals surface area contributed by atoms with E-state index in [0.717, 1.165) is 35.8 Å². The molecule has 1 aliphatic rings. The summed E-state index contributed by atoms with van der Waals surface area (Å²) in [6, 6.07) is 10.3. The lowest BCUT2D eigenvalue weighted by Crippen LogP contribution is -2.38. The highest BCUT2D eigenvalue weighted by atomic mass is 35.5. The van der Waals surface area contributed by atoms with E-state index in [1.54, 1.807) is 25.1 Å². The number of nitro benzene ring substituents is 1. The van der Waals surface area contributed by atoms with Crippen LogP contribution in [-0.2, 0) is 16.6 Å². The molecule has 0 amide bonds. The fourth-order valence-corrected chi connectivity index (χ4v) is 3.58. The fraction of sp³-hybridized carbons (Fsp3) is 0.316. The molecule has 0 aromatic heterocycles. The fourth-order valence-electron chi connectivity index (χ4n) is 3.39. The number of nitro groups is 1. The van der Waals surface area contributed by atoms with Crippen molar-refractivity contribution in [1.82, 2.24) is 0 Å². The third-order valence-corrected chi connectivity index (χ3v) is 4.93. The minimum absolute atomic E-state index is 0.0645. The van der Waals surface area contributed by atoms with Gasteiger partial charge >= 0.3 is 5.69 Å². The van der Waals surface area contributed by atoms with E-state index in [1.807, 2.05) is 12.1 Å². The first-order valence-corrected chi connectivity index (χ1v) is 8.46. The highest BCUT2D eigenvalue weighted by molar-refractivity contribution is 6.30.